The van der Waals surface area contributed by atoms with Gasteiger partial charge in [-0.3, -0.25) is 9.52 Å². The van der Waals surface area contributed by atoms with Crippen LogP contribution in [-0.4, -0.2) is 14.3 Å². The quantitative estimate of drug-likeness (QED) is 0.532. The lowest BCUT2D eigenvalue weighted by atomic mass is 9.87. The smallest absolute Gasteiger partial charge is 0.261 e. The monoisotopic (exact) mass is 442 g/mol. The average molecular weight is 443 g/mol. The number of halogens is 1. The van der Waals surface area contributed by atoms with Crippen LogP contribution in [-0.2, 0) is 15.4 Å². The van der Waals surface area contributed by atoms with Gasteiger partial charge in [0.05, 0.1) is 10.6 Å². The highest BCUT2D eigenvalue weighted by Crippen LogP contribution is 2.23. The van der Waals surface area contributed by atoms with Gasteiger partial charge in [-0.1, -0.05) is 50.6 Å². The summed E-state index contributed by atoms with van der Waals surface area (Å²) in [4.78, 5) is 12.6. The predicted octanol–water partition coefficient (Wildman–Crippen LogP) is 5.69. The maximum atomic E-state index is 12.5. The van der Waals surface area contributed by atoms with Crippen LogP contribution in [0.4, 0.5) is 11.4 Å². The number of amides is 1. The number of hydrogen-bond donors (Lipinski definition) is 2. The van der Waals surface area contributed by atoms with E-state index in [0.717, 1.165) is 5.56 Å². The number of nitrogens with one attached hydrogen (secondary N) is 2. The number of benzene rings is 3. The summed E-state index contributed by atoms with van der Waals surface area (Å²) in [6.07, 6.45) is 0. The maximum Gasteiger partial charge on any atom is 0.261 e. The zero-order valence-corrected chi connectivity index (χ0v) is 18.5. The molecule has 2 N–H and O–H groups in total. The maximum absolute atomic E-state index is 12.5. The molecule has 0 aliphatic carbocycles. The van der Waals surface area contributed by atoms with Crippen molar-refractivity contribution in [3.63, 3.8) is 0 Å². The van der Waals surface area contributed by atoms with Crippen molar-refractivity contribution in [2.24, 2.45) is 0 Å². The van der Waals surface area contributed by atoms with Gasteiger partial charge in [0.15, 0.2) is 0 Å². The molecule has 0 atom stereocenters. The Kier molecular flexibility index (Phi) is 6.19. The van der Waals surface area contributed by atoms with E-state index in [1.165, 1.54) is 18.2 Å². The predicted molar refractivity (Wildman–Crippen MR) is 122 cm³/mol. The van der Waals surface area contributed by atoms with E-state index < -0.39 is 10.0 Å². The molecule has 3 rings (SSSR count). The summed E-state index contributed by atoms with van der Waals surface area (Å²) < 4.78 is 27.6. The molecule has 5 nitrogen and oxygen atoms in total. The van der Waals surface area contributed by atoms with Crippen molar-refractivity contribution in [2.75, 3.05) is 10.0 Å². The highest BCUT2D eigenvalue weighted by molar-refractivity contribution is 7.92. The van der Waals surface area contributed by atoms with Gasteiger partial charge in [-0.25, -0.2) is 8.42 Å². The minimum atomic E-state index is -3.77. The fraction of sp³-hybridized carbons (Fsp3) is 0.174. The molecule has 30 heavy (non-hydrogen) atoms. The largest absolute Gasteiger partial charge is 0.322 e. The molecule has 0 bridgehead atoms. The summed E-state index contributed by atoms with van der Waals surface area (Å²) in [6.45, 7) is 6.33. The minimum Gasteiger partial charge on any atom is -0.322 e. The van der Waals surface area contributed by atoms with Crippen LogP contribution in [0.3, 0.4) is 0 Å². The van der Waals surface area contributed by atoms with E-state index in [4.69, 9.17) is 11.6 Å². The minimum absolute atomic E-state index is 0.00937. The summed E-state index contributed by atoms with van der Waals surface area (Å²) in [5.41, 5.74) is 2.55. The van der Waals surface area contributed by atoms with Crippen molar-refractivity contribution in [3.8, 4) is 0 Å². The van der Waals surface area contributed by atoms with Crippen LogP contribution in [0.5, 0.6) is 0 Å². The number of carbonyl (C=O) groups excluding carboxylic acids is 1. The van der Waals surface area contributed by atoms with Gasteiger partial charge in [0.1, 0.15) is 0 Å². The van der Waals surface area contributed by atoms with Crippen LogP contribution in [0.15, 0.2) is 77.7 Å². The van der Waals surface area contributed by atoms with E-state index in [9.17, 15) is 13.2 Å². The average Bonchev–Trinajstić information content (AvgIpc) is 2.67. The van der Waals surface area contributed by atoms with Crippen molar-refractivity contribution in [2.45, 2.75) is 31.1 Å². The SMILES string of the molecule is CC(C)(C)c1ccc(C(=O)Nc2ccc(S(=O)(=O)Nc3cccc(Cl)c3)cc2)cc1. The molecule has 3 aromatic rings. The van der Waals surface area contributed by atoms with Gasteiger partial charge in [-0.2, -0.15) is 0 Å². The van der Waals surface area contributed by atoms with Gasteiger partial charge >= 0.3 is 0 Å². The zero-order chi connectivity index (χ0) is 21.9. The Morgan fingerprint density at radius 1 is 0.867 bits per heavy atom. The van der Waals surface area contributed by atoms with Gasteiger partial charge in [0.25, 0.3) is 15.9 Å². The van der Waals surface area contributed by atoms with Crippen LogP contribution in [0.1, 0.15) is 36.7 Å². The molecule has 0 saturated carbocycles. The molecule has 3 aromatic carbocycles. The molecule has 0 unspecified atom stereocenters. The first-order chi connectivity index (χ1) is 14.0. The number of carbonyl (C=O) groups is 1. The van der Waals surface area contributed by atoms with Crippen molar-refractivity contribution in [3.05, 3.63) is 88.9 Å². The van der Waals surface area contributed by atoms with Gasteiger partial charge in [-0.15, -0.1) is 0 Å². The van der Waals surface area contributed by atoms with Crippen LogP contribution < -0.4 is 10.0 Å². The van der Waals surface area contributed by atoms with E-state index in [1.807, 2.05) is 12.1 Å². The van der Waals surface area contributed by atoms with Crippen LogP contribution >= 0.6 is 11.6 Å². The molecule has 0 aromatic heterocycles. The molecule has 0 aliphatic heterocycles. The Balaban J connectivity index is 1.70. The molecule has 156 valence electrons. The van der Waals surface area contributed by atoms with E-state index in [2.05, 4.69) is 30.8 Å². The second-order valence-corrected chi connectivity index (χ2v) is 10.0. The Morgan fingerprint density at radius 3 is 2.07 bits per heavy atom. The first kappa shape index (κ1) is 21.9. The Labute approximate surface area is 182 Å². The third-order valence-corrected chi connectivity index (χ3v) is 6.14. The van der Waals surface area contributed by atoms with Gasteiger partial charge in [0, 0.05) is 16.3 Å². The Hall–Kier alpha value is -2.83. The van der Waals surface area contributed by atoms with E-state index in [0.29, 0.717) is 22.0 Å². The first-order valence-corrected chi connectivity index (χ1v) is 11.2. The summed E-state index contributed by atoms with van der Waals surface area (Å²) in [5.74, 6) is -0.261. The van der Waals surface area contributed by atoms with Crippen molar-refractivity contribution < 1.29 is 13.2 Å². The van der Waals surface area contributed by atoms with Crippen LogP contribution in [0, 0.1) is 0 Å². The fourth-order valence-corrected chi connectivity index (χ4v) is 4.05. The molecule has 1 amide bonds. The standard InChI is InChI=1S/C23H23ClN2O3S/c1-23(2,3)17-9-7-16(8-10-17)22(27)25-19-11-13-21(14-12-19)30(28,29)26-20-6-4-5-18(24)15-20/h4-15,26H,1-3H3,(H,25,27). The zero-order valence-electron chi connectivity index (χ0n) is 16.9. The molecular weight excluding hydrogens is 420 g/mol. The van der Waals surface area contributed by atoms with Gasteiger partial charge in [0.2, 0.25) is 0 Å². The third kappa shape index (κ3) is 5.40. The van der Waals surface area contributed by atoms with Crippen molar-refractivity contribution in [1.29, 1.82) is 0 Å². The number of sulfonamides is 1. The highest BCUT2D eigenvalue weighted by atomic mass is 35.5. The van der Waals surface area contributed by atoms with E-state index in [1.54, 1.807) is 42.5 Å². The lowest BCUT2D eigenvalue weighted by molar-refractivity contribution is 0.102. The topological polar surface area (TPSA) is 75.3 Å². The van der Waals surface area contributed by atoms with Gasteiger partial charge < -0.3 is 5.32 Å². The Bertz CT molecular complexity index is 1150. The lowest BCUT2D eigenvalue weighted by Gasteiger charge is -2.19. The van der Waals surface area contributed by atoms with Crippen LogP contribution in [0.2, 0.25) is 5.02 Å². The molecule has 0 fully saturated rings. The summed E-state index contributed by atoms with van der Waals surface area (Å²) in [5, 5.41) is 3.21. The lowest BCUT2D eigenvalue weighted by Crippen LogP contribution is -2.15. The molecular formula is C23H23ClN2O3S. The summed E-state index contributed by atoms with van der Waals surface area (Å²) in [7, 11) is -3.77. The van der Waals surface area contributed by atoms with Crippen molar-refractivity contribution in [1.82, 2.24) is 0 Å². The second-order valence-electron chi connectivity index (χ2n) is 7.92. The molecule has 0 spiro atoms. The van der Waals surface area contributed by atoms with E-state index in [-0.39, 0.29) is 16.2 Å². The molecule has 0 saturated heterocycles. The second kappa shape index (κ2) is 8.50. The van der Waals surface area contributed by atoms with Crippen LogP contribution in [0.25, 0.3) is 0 Å². The molecule has 0 heterocycles. The summed E-state index contributed by atoms with van der Waals surface area (Å²) >= 11 is 5.90. The number of rotatable bonds is 5. The van der Waals surface area contributed by atoms with Crippen molar-refractivity contribution >= 4 is 38.9 Å². The number of hydrogen-bond acceptors (Lipinski definition) is 3. The number of anilines is 2. The first-order valence-electron chi connectivity index (χ1n) is 9.35. The third-order valence-electron chi connectivity index (χ3n) is 4.51. The molecule has 0 radical (unpaired) electrons. The normalized spacial score (nSPS) is 11.7. The van der Waals surface area contributed by atoms with E-state index >= 15 is 0 Å². The molecule has 0 aliphatic rings. The Morgan fingerprint density at radius 2 is 1.50 bits per heavy atom. The summed E-state index contributed by atoms with van der Waals surface area (Å²) in [6, 6.07) is 19.9. The van der Waals surface area contributed by atoms with Gasteiger partial charge in [-0.05, 0) is 65.6 Å². The molecule has 7 heteroatoms. The highest BCUT2D eigenvalue weighted by Gasteiger charge is 2.16. The fourth-order valence-electron chi connectivity index (χ4n) is 2.81.